The van der Waals surface area contributed by atoms with Gasteiger partial charge in [0, 0.05) is 11.9 Å². The number of ether oxygens (including phenoxy) is 1. The monoisotopic (exact) mass is 281 g/mol. The highest BCUT2D eigenvalue weighted by atomic mass is 16.5. The molecule has 0 spiro atoms. The summed E-state index contributed by atoms with van der Waals surface area (Å²) in [5, 5.41) is 0. The van der Waals surface area contributed by atoms with Gasteiger partial charge in [0.05, 0.1) is 13.5 Å². The van der Waals surface area contributed by atoms with Gasteiger partial charge in [-0.3, -0.25) is 9.36 Å². The minimum absolute atomic E-state index is 0.236. The molecule has 21 heavy (non-hydrogen) atoms. The Hall–Kier alpha value is -2.69. The third kappa shape index (κ3) is 2.50. The molecule has 0 aliphatic heterocycles. The second-order valence-corrected chi connectivity index (χ2v) is 4.82. The largest absolute Gasteiger partial charge is 0.469 e. The summed E-state index contributed by atoms with van der Waals surface area (Å²) in [6, 6.07) is 9.72. The van der Waals surface area contributed by atoms with Gasteiger partial charge in [-0.05, 0) is 42.3 Å². The molecule has 106 valence electrons. The number of hydrogen-bond acceptors (Lipinski definition) is 4. The summed E-state index contributed by atoms with van der Waals surface area (Å²) in [5.41, 5.74) is 4.65. The summed E-state index contributed by atoms with van der Waals surface area (Å²) >= 11 is 0. The van der Waals surface area contributed by atoms with Crippen molar-refractivity contribution in [3.63, 3.8) is 0 Å². The maximum atomic E-state index is 11.4. The van der Waals surface area contributed by atoms with Gasteiger partial charge < -0.3 is 4.74 Å². The third-order valence-electron chi connectivity index (χ3n) is 3.47. The fourth-order valence-electron chi connectivity index (χ4n) is 2.29. The van der Waals surface area contributed by atoms with E-state index in [0.29, 0.717) is 0 Å². The van der Waals surface area contributed by atoms with Crippen molar-refractivity contribution >= 4 is 17.1 Å². The summed E-state index contributed by atoms with van der Waals surface area (Å²) in [4.78, 5) is 20.1. The van der Waals surface area contributed by atoms with E-state index in [0.717, 1.165) is 28.0 Å². The van der Waals surface area contributed by atoms with Crippen molar-refractivity contribution < 1.29 is 9.53 Å². The SMILES string of the molecule is COC(=O)Cc1ccc(-n2cnc3cccnc32)cc1C. The standard InChI is InChI=1S/C16H15N3O2/c1-11-8-13(6-5-12(11)9-15(20)21-2)19-10-18-14-4-3-7-17-16(14)19/h3-8,10H,9H2,1-2H3. The summed E-state index contributed by atoms with van der Waals surface area (Å²) in [6.45, 7) is 1.98. The zero-order valence-electron chi connectivity index (χ0n) is 11.9. The van der Waals surface area contributed by atoms with E-state index in [1.807, 2.05) is 41.8 Å². The second kappa shape index (κ2) is 5.36. The van der Waals surface area contributed by atoms with Gasteiger partial charge in [0.2, 0.25) is 0 Å². The van der Waals surface area contributed by atoms with Crippen molar-refractivity contribution in [2.75, 3.05) is 7.11 Å². The lowest BCUT2D eigenvalue weighted by atomic mass is 10.0. The Balaban J connectivity index is 2.00. The number of aromatic nitrogens is 3. The molecule has 0 radical (unpaired) electrons. The van der Waals surface area contributed by atoms with E-state index >= 15 is 0 Å². The number of rotatable bonds is 3. The van der Waals surface area contributed by atoms with E-state index in [9.17, 15) is 4.79 Å². The van der Waals surface area contributed by atoms with Gasteiger partial charge in [0.25, 0.3) is 0 Å². The van der Waals surface area contributed by atoms with Crippen molar-refractivity contribution in [2.45, 2.75) is 13.3 Å². The summed E-state index contributed by atoms with van der Waals surface area (Å²) < 4.78 is 6.64. The van der Waals surface area contributed by atoms with E-state index in [4.69, 9.17) is 4.74 Å². The lowest BCUT2D eigenvalue weighted by molar-refractivity contribution is -0.139. The van der Waals surface area contributed by atoms with E-state index in [1.54, 1.807) is 12.5 Å². The lowest BCUT2D eigenvalue weighted by Crippen LogP contribution is -2.06. The number of carbonyl (C=O) groups excluding carboxylic acids is 1. The van der Waals surface area contributed by atoms with Crippen LogP contribution in [0, 0.1) is 6.92 Å². The molecule has 0 N–H and O–H groups in total. The van der Waals surface area contributed by atoms with Crippen LogP contribution in [0.15, 0.2) is 42.9 Å². The molecule has 0 unspecified atom stereocenters. The molecule has 0 aliphatic carbocycles. The van der Waals surface area contributed by atoms with Crippen LogP contribution in [-0.2, 0) is 16.0 Å². The fraction of sp³-hybridized carbons (Fsp3) is 0.188. The van der Waals surface area contributed by atoms with Crippen molar-refractivity contribution in [1.82, 2.24) is 14.5 Å². The Morgan fingerprint density at radius 1 is 1.29 bits per heavy atom. The van der Waals surface area contributed by atoms with Crippen LogP contribution in [0.1, 0.15) is 11.1 Å². The molecule has 0 aliphatic rings. The van der Waals surface area contributed by atoms with Crippen LogP contribution >= 0.6 is 0 Å². The van der Waals surface area contributed by atoms with Crippen molar-refractivity contribution in [3.05, 3.63) is 54.0 Å². The van der Waals surface area contributed by atoms with Crippen LogP contribution in [0.2, 0.25) is 0 Å². The van der Waals surface area contributed by atoms with Crippen LogP contribution < -0.4 is 0 Å². The first-order chi connectivity index (χ1) is 10.2. The van der Waals surface area contributed by atoms with E-state index in [1.165, 1.54) is 7.11 Å². The zero-order valence-corrected chi connectivity index (χ0v) is 11.9. The maximum absolute atomic E-state index is 11.4. The fourth-order valence-corrected chi connectivity index (χ4v) is 2.29. The van der Waals surface area contributed by atoms with Gasteiger partial charge in [0.1, 0.15) is 11.8 Å². The zero-order chi connectivity index (χ0) is 14.8. The van der Waals surface area contributed by atoms with Crippen molar-refractivity contribution in [1.29, 1.82) is 0 Å². The number of methoxy groups -OCH3 is 1. The summed E-state index contributed by atoms with van der Waals surface area (Å²) in [5.74, 6) is -0.236. The average molecular weight is 281 g/mol. The number of aryl methyl sites for hydroxylation is 1. The number of hydrogen-bond donors (Lipinski definition) is 0. The van der Waals surface area contributed by atoms with Gasteiger partial charge in [0.15, 0.2) is 5.65 Å². The molecule has 2 heterocycles. The van der Waals surface area contributed by atoms with Crippen molar-refractivity contribution in [3.8, 4) is 5.69 Å². The predicted molar refractivity (Wildman–Crippen MR) is 79.3 cm³/mol. The lowest BCUT2D eigenvalue weighted by Gasteiger charge is -2.09. The normalized spacial score (nSPS) is 10.8. The number of pyridine rings is 1. The molecule has 3 rings (SSSR count). The highest BCUT2D eigenvalue weighted by Crippen LogP contribution is 2.19. The second-order valence-electron chi connectivity index (χ2n) is 4.82. The van der Waals surface area contributed by atoms with E-state index < -0.39 is 0 Å². The molecule has 0 saturated carbocycles. The molecular weight excluding hydrogens is 266 g/mol. The highest BCUT2D eigenvalue weighted by molar-refractivity contribution is 5.74. The third-order valence-corrected chi connectivity index (χ3v) is 3.47. The van der Waals surface area contributed by atoms with Gasteiger partial charge >= 0.3 is 5.97 Å². The number of fused-ring (bicyclic) bond motifs is 1. The number of carbonyl (C=O) groups is 1. The molecule has 5 heteroatoms. The van der Waals surface area contributed by atoms with Crippen LogP contribution in [-0.4, -0.2) is 27.6 Å². The quantitative estimate of drug-likeness (QED) is 0.692. The Morgan fingerprint density at radius 3 is 2.90 bits per heavy atom. The van der Waals surface area contributed by atoms with E-state index in [2.05, 4.69) is 9.97 Å². The Kier molecular flexibility index (Phi) is 3.39. The molecule has 0 saturated heterocycles. The maximum Gasteiger partial charge on any atom is 0.309 e. The van der Waals surface area contributed by atoms with Crippen LogP contribution in [0.25, 0.3) is 16.9 Å². The van der Waals surface area contributed by atoms with Gasteiger partial charge in [-0.25, -0.2) is 9.97 Å². The summed E-state index contributed by atoms with van der Waals surface area (Å²) in [7, 11) is 1.40. The molecular formula is C16H15N3O2. The minimum atomic E-state index is -0.236. The topological polar surface area (TPSA) is 57.0 Å². The number of imidazole rings is 1. The number of benzene rings is 1. The molecule has 2 aromatic heterocycles. The summed E-state index contributed by atoms with van der Waals surface area (Å²) in [6.07, 6.45) is 3.79. The van der Waals surface area contributed by atoms with E-state index in [-0.39, 0.29) is 12.4 Å². The minimum Gasteiger partial charge on any atom is -0.469 e. The van der Waals surface area contributed by atoms with Gasteiger partial charge in [-0.1, -0.05) is 6.07 Å². The molecule has 0 atom stereocenters. The van der Waals surface area contributed by atoms with Crippen LogP contribution in [0.3, 0.4) is 0 Å². The van der Waals surface area contributed by atoms with Crippen LogP contribution in [0.5, 0.6) is 0 Å². The van der Waals surface area contributed by atoms with Gasteiger partial charge in [-0.15, -0.1) is 0 Å². The van der Waals surface area contributed by atoms with Gasteiger partial charge in [-0.2, -0.15) is 0 Å². The molecule has 0 amide bonds. The Morgan fingerprint density at radius 2 is 2.14 bits per heavy atom. The first-order valence-electron chi connectivity index (χ1n) is 6.64. The number of nitrogens with zero attached hydrogens (tertiary/aromatic N) is 3. The molecule has 0 bridgehead atoms. The predicted octanol–water partition coefficient (Wildman–Crippen LogP) is 2.44. The number of esters is 1. The highest BCUT2D eigenvalue weighted by Gasteiger charge is 2.09. The first-order valence-corrected chi connectivity index (χ1v) is 6.64. The average Bonchev–Trinajstić information content (AvgIpc) is 2.93. The van der Waals surface area contributed by atoms with Crippen LogP contribution in [0.4, 0.5) is 0 Å². The first kappa shape index (κ1) is 13.3. The van der Waals surface area contributed by atoms with Crippen molar-refractivity contribution in [2.24, 2.45) is 0 Å². The molecule has 3 aromatic rings. The molecule has 0 fully saturated rings. The Bertz CT molecular complexity index is 808. The molecule has 1 aromatic carbocycles. The molecule has 5 nitrogen and oxygen atoms in total. The Labute approximate surface area is 122 Å². The smallest absolute Gasteiger partial charge is 0.309 e.